The number of ether oxygens (including phenoxy) is 2. The van der Waals surface area contributed by atoms with E-state index in [0.717, 1.165) is 18.4 Å². The third kappa shape index (κ3) is 7.51. The van der Waals surface area contributed by atoms with Crippen LogP contribution in [0.2, 0.25) is 0 Å². The van der Waals surface area contributed by atoms with Crippen molar-refractivity contribution in [1.82, 2.24) is 0 Å². The number of rotatable bonds is 12. The van der Waals surface area contributed by atoms with Crippen LogP contribution in [-0.2, 0) is 16.0 Å². The maximum absolute atomic E-state index is 12.2. The van der Waals surface area contributed by atoms with Crippen LogP contribution in [0, 0.1) is 0 Å². The van der Waals surface area contributed by atoms with Crippen molar-refractivity contribution >= 4 is 5.78 Å². The molecule has 0 spiro atoms. The zero-order chi connectivity index (χ0) is 17.1. The number of hydrogen-bond acceptors (Lipinski definition) is 4. The van der Waals surface area contributed by atoms with E-state index in [0.29, 0.717) is 31.6 Å². The predicted molar refractivity (Wildman–Crippen MR) is 92.2 cm³/mol. The quantitative estimate of drug-likeness (QED) is 0.584. The number of phenolic OH excluding ortho intramolecular Hbond substituents is 1. The highest BCUT2D eigenvalue weighted by Gasteiger charge is 2.14. The van der Waals surface area contributed by atoms with Crippen molar-refractivity contribution < 1.29 is 19.4 Å². The van der Waals surface area contributed by atoms with Gasteiger partial charge in [-0.3, -0.25) is 4.79 Å². The van der Waals surface area contributed by atoms with Gasteiger partial charge in [0.2, 0.25) is 0 Å². The molecule has 1 aromatic carbocycles. The van der Waals surface area contributed by atoms with Gasteiger partial charge in [0.25, 0.3) is 0 Å². The number of phenols is 1. The predicted octanol–water partition coefficient (Wildman–Crippen LogP) is 4.28. The second-order valence-corrected chi connectivity index (χ2v) is 5.82. The van der Waals surface area contributed by atoms with Crippen molar-refractivity contribution in [2.75, 3.05) is 13.7 Å². The Balaban J connectivity index is 2.44. The van der Waals surface area contributed by atoms with Crippen molar-refractivity contribution in [2.24, 2.45) is 0 Å². The number of benzene rings is 1. The van der Waals surface area contributed by atoms with Gasteiger partial charge < -0.3 is 14.6 Å². The summed E-state index contributed by atoms with van der Waals surface area (Å²) in [6.45, 7) is 4.80. The first kappa shape index (κ1) is 19.5. The molecule has 4 nitrogen and oxygen atoms in total. The molecular formula is C19H30O4. The molecule has 0 aliphatic rings. The van der Waals surface area contributed by atoms with E-state index in [9.17, 15) is 9.90 Å². The molecular weight excluding hydrogens is 292 g/mol. The molecule has 0 heterocycles. The third-order valence-corrected chi connectivity index (χ3v) is 3.92. The SMILES string of the molecule is CCCCC[C@@H](CC(=O)CCc1ccc(O)c(OC)c1)OCC. The molecule has 23 heavy (non-hydrogen) atoms. The van der Waals surface area contributed by atoms with E-state index in [-0.39, 0.29) is 17.6 Å². The Hall–Kier alpha value is -1.55. The second-order valence-electron chi connectivity index (χ2n) is 5.82. The summed E-state index contributed by atoms with van der Waals surface area (Å²) in [5, 5.41) is 9.58. The van der Waals surface area contributed by atoms with E-state index in [1.807, 2.05) is 13.0 Å². The minimum Gasteiger partial charge on any atom is -0.504 e. The number of carbonyl (C=O) groups is 1. The van der Waals surface area contributed by atoms with Gasteiger partial charge in [0.15, 0.2) is 11.5 Å². The Morgan fingerprint density at radius 2 is 2.04 bits per heavy atom. The molecule has 0 fully saturated rings. The highest BCUT2D eigenvalue weighted by Crippen LogP contribution is 2.26. The van der Waals surface area contributed by atoms with E-state index < -0.39 is 0 Å². The molecule has 0 saturated heterocycles. The van der Waals surface area contributed by atoms with Crippen molar-refractivity contribution in [1.29, 1.82) is 0 Å². The fourth-order valence-electron chi connectivity index (χ4n) is 2.62. The van der Waals surface area contributed by atoms with Crippen LogP contribution in [-0.4, -0.2) is 30.7 Å². The third-order valence-electron chi connectivity index (χ3n) is 3.92. The van der Waals surface area contributed by atoms with Gasteiger partial charge in [-0.25, -0.2) is 0 Å². The summed E-state index contributed by atoms with van der Waals surface area (Å²) in [5.74, 6) is 0.795. The topological polar surface area (TPSA) is 55.8 Å². The number of hydrogen-bond donors (Lipinski definition) is 1. The fraction of sp³-hybridized carbons (Fsp3) is 0.632. The lowest BCUT2D eigenvalue weighted by atomic mass is 10.0. The maximum atomic E-state index is 12.2. The summed E-state index contributed by atoms with van der Waals surface area (Å²) in [4.78, 5) is 12.2. The lowest BCUT2D eigenvalue weighted by Crippen LogP contribution is -2.18. The Morgan fingerprint density at radius 3 is 2.70 bits per heavy atom. The van der Waals surface area contributed by atoms with E-state index in [4.69, 9.17) is 9.47 Å². The maximum Gasteiger partial charge on any atom is 0.160 e. The zero-order valence-corrected chi connectivity index (χ0v) is 14.6. The van der Waals surface area contributed by atoms with Gasteiger partial charge in [-0.2, -0.15) is 0 Å². The largest absolute Gasteiger partial charge is 0.504 e. The molecule has 0 aliphatic carbocycles. The Kier molecular flexibility index (Phi) is 9.37. The summed E-state index contributed by atoms with van der Waals surface area (Å²) in [5.41, 5.74) is 0.993. The van der Waals surface area contributed by atoms with Crippen molar-refractivity contribution in [3.05, 3.63) is 23.8 Å². The highest BCUT2D eigenvalue weighted by atomic mass is 16.5. The standard InChI is InChI=1S/C19H30O4/c1-4-6-7-8-17(23-5-2)14-16(20)11-9-15-10-12-18(21)19(13-15)22-3/h10,12-13,17,21H,4-9,11,14H2,1-3H3/t17-/m0/s1. The monoisotopic (exact) mass is 322 g/mol. The molecule has 0 unspecified atom stereocenters. The zero-order valence-electron chi connectivity index (χ0n) is 14.6. The van der Waals surface area contributed by atoms with Gasteiger partial charge >= 0.3 is 0 Å². The number of aromatic hydroxyl groups is 1. The Morgan fingerprint density at radius 1 is 1.26 bits per heavy atom. The van der Waals surface area contributed by atoms with Gasteiger partial charge in [-0.05, 0) is 37.5 Å². The molecule has 0 radical (unpaired) electrons. The fourth-order valence-corrected chi connectivity index (χ4v) is 2.62. The number of carbonyl (C=O) groups excluding carboxylic acids is 1. The van der Waals surface area contributed by atoms with E-state index >= 15 is 0 Å². The summed E-state index contributed by atoms with van der Waals surface area (Å²) in [6, 6.07) is 5.21. The summed E-state index contributed by atoms with van der Waals surface area (Å²) >= 11 is 0. The van der Waals surface area contributed by atoms with E-state index in [1.165, 1.54) is 20.0 Å². The second kappa shape index (κ2) is 11.1. The number of methoxy groups -OCH3 is 1. The Labute approximate surface area is 139 Å². The first-order valence-corrected chi connectivity index (χ1v) is 8.59. The first-order valence-electron chi connectivity index (χ1n) is 8.59. The number of ketones is 1. The van der Waals surface area contributed by atoms with Crippen molar-refractivity contribution in [2.45, 2.75) is 64.9 Å². The molecule has 1 atom stereocenters. The van der Waals surface area contributed by atoms with Gasteiger partial charge in [-0.1, -0.05) is 32.3 Å². The van der Waals surface area contributed by atoms with Crippen molar-refractivity contribution in [3.63, 3.8) is 0 Å². The van der Waals surface area contributed by atoms with Crippen LogP contribution in [0.1, 0.15) is 57.9 Å². The lowest BCUT2D eigenvalue weighted by molar-refractivity contribution is -0.122. The minimum atomic E-state index is 0.0494. The van der Waals surface area contributed by atoms with Crippen LogP contribution >= 0.6 is 0 Å². The average Bonchev–Trinajstić information content (AvgIpc) is 2.54. The average molecular weight is 322 g/mol. The number of Topliss-reactive ketones (excluding diaryl/α,β-unsaturated/α-hetero) is 1. The van der Waals surface area contributed by atoms with Crippen LogP contribution < -0.4 is 4.74 Å². The lowest BCUT2D eigenvalue weighted by Gasteiger charge is -2.16. The normalized spacial score (nSPS) is 12.1. The highest BCUT2D eigenvalue weighted by molar-refractivity contribution is 5.79. The van der Waals surface area contributed by atoms with E-state index in [2.05, 4.69) is 6.92 Å². The molecule has 1 aromatic rings. The van der Waals surface area contributed by atoms with Crippen LogP contribution in [0.3, 0.4) is 0 Å². The minimum absolute atomic E-state index is 0.0494. The van der Waals surface area contributed by atoms with Crippen LogP contribution in [0.5, 0.6) is 11.5 Å². The van der Waals surface area contributed by atoms with Gasteiger partial charge in [0.05, 0.1) is 13.2 Å². The molecule has 0 aliphatic heterocycles. The molecule has 130 valence electrons. The molecule has 0 bridgehead atoms. The van der Waals surface area contributed by atoms with Gasteiger partial charge in [-0.15, -0.1) is 0 Å². The van der Waals surface area contributed by atoms with Crippen LogP contribution in [0.4, 0.5) is 0 Å². The summed E-state index contributed by atoms with van der Waals surface area (Å²) in [6.07, 6.45) is 6.12. The molecule has 0 saturated carbocycles. The smallest absolute Gasteiger partial charge is 0.160 e. The summed E-state index contributed by atoms with van der Waals surface area (Å²) < 4.78 is 10.8. The molecule has 0 amide bonds. The van der Waals surface area contributed by atoms with E-state index in [1.54, 1.807) is 12.1 Å². The molecule has 1 N–H and O–H groups in total. The van der Waals surface area contributed by atoms with Crippen LogP contribution in [0.25, 0.3) is 0 Å². The van der Waals surface area contributed by atoms with Gasteiger partial charge in [0, 0.05) is 19.4 Å². The van der Waals surface area contributed by atoms with Gasteiger partial charge in [0.1, 0.15) is 5.78 Å². The summed E-state index contributed by atoms with van der Waals surface area (Å²) in [7, 11) is 1.52. The van der Waals surface area contributed by atoms with Crippen LogP contribution in [0.15, 0.2) is 18.2 Å². The van der Waals surface area contributed by atoms with Crippen molar-refractivity contribution in [3.8, 4) is 11.5 Å². The number of unbranched alkanes of at least 4 members (excludes halogenated alkanes) is 2. The molecule has 0 aromatic heterocycles. The number of aryl methyl sites for hydroxylation is 1. The molecule has 1 rings (SSSR count). The molecule has 4 heteroatoms. The first-order chi connectivity index (χ1) is 11.1. The Bertz CT molecular complexity index is 470.